The molecule has 0 aliphatic carbocycles. The molecule has 2 heterocycles. The molecule has 0 saturated carbocycles. The number of alkyl halides is 3. The largest absolute Gasteiger partial charge is 0.484 e. The summed E-state index contributed by atoms with van der Waals surface area (Å²) in [5, 5.41) is 0. The summed E-state index contributed by atoms with van der Waals surface area (Å²) in [5.74, 6) is 0.585. The number of aromatic nitrogens is 1. The van der Waals surface area contributed by atoms with Gasteiger partial charge in [0.25, 0.3) is 0 Å². The summed E-state index contributed by atoms with van der Waals surface area (Å²) in [7, 11) is 0. The maximum atomic E-state index is 12.2. The van der Waals surface area contributed by atoms with Crippen molar-refractivity contribution in [1.29, 1.82) is 0 Å². The third-order valence-electron chi connectivity index (χ3n) is 3.58. The van der Waals surface area contributed by atoms with Crippen LogP contribution in [-0.2, 0) is 9.47 Å². The average molecular weight is 369 g/mol. The first-order valence-corrected chi connectivity index (χ1v) is 8.09. The molecule has 0 radical (unpaired) electrons. The number of hydrogen-bond acceptors (Lipinski definition) is 5. The number of halogens is 3. The molecule has 1 aromatic carbocycles. The Morgan fingerprint density at radius 1 is 1.04 bits per heavy atom. The van der Waals surface area contributed by atoms with Crippen molar-refractivity contribution in [2.75, 3.05) is 33.0 Å². The SMILES string of the molecule is FC(F)(F)COc1ccc(-c2cccc(OC[C@H]3COCCO3)n2)cc1. The van der Waals surface area contributed by atoms with Crippen LogP contribution in [0.25, 0.3) is 11.3 Å². The summed E-state index contributed by atoms with van der Waals surface area (Å²) in [6.45, 7) is 0.637. The molecule has 1 fully saturated rings. The van der Waals surface area contributed by atoms with Gasteiger partial charge < -0.3 is 18.9 Å². The zero-order valence-electron chi connectivity index (χ0n) is 13.9. The van der Waals surface area contributed by atoms with Crippen molar-refractivity contribution in [3.8, 4) is 22.9 Å². The Kier molecular flexibility index (Phi) is 5.95. The molecular weight excluding hydrogens is 351 g/mol. The van der Waals surface area contributed by atoms with Gasteiger partial charge in [-0.15, -0.1) is 0 Å². The minimum atomic E-state index is -4.36. The van der Waals surface area contributed by atoms with E-state index in [2.05, 4.69) is 4.98 Å². The van der Waals surface area contributed by atoms with Gasteiger partial charge in [0.2, 0.25) is 5.88 Å². The fourth-order valence-corrected chi connectivity index (χ4v) is 2.35. The third kappa shape index (κ3) is 5.60. The second-order valence-corrected chi connectivity index (χ2v) is 5.67. The van der Waals surface area contributed by atoms with Gasteiger partial charge in [0.15, 0.2) is 6.61 Å². The fourth-order valence-electron chi connectivity index (χ4n) is 2.35. The van der Waals surface area contributed by atoms with Crippen molar-refractivity contribution in [2.45, 2.75) is 12.3 Å². The minimum Gasteiger partial charge on any atom is -0.484 e. The highest BCUT2D eigenvalue weighted by Gasteiger charge is 2.28. The summed E-state index contributed by atoms with van der Waals surface area (Å²) in [6, 6.07) is 11.6. The van der Waals surface area contributed by atoms with Crippen LogP contribution in [0.5, 0.6) is 11.6 Å². The number of rotatable bonds is 6. The molecule has 5 nitrogen and oxygen atoms in total. The van der Waals surface area contributed by atoms with Crippen LogP contribution in [0.4, 0.5) is 13.2 Å². The van der Waals surface area contributed by atoms with Gasteiger partial charge in [-0.25, -0.2) is 4.98 Å². The van der Waals surface area contributed by atoms with Crippen molar-refractivity contribution in [1.82, 2.24) is 4.98 Å². The van der Waals surface area contributed by atoms with Crippen molar-refractivity contribution in [3.05, 3.63) is 42.5 Å². The summed E-state index contributed by atoms with van der Waals surface area (Å²) in [4.78, 5) is 4.40. The number of pyridine rings is 1. The Morgan fingerprint density at radius 2 is 1.85 bits per heavy atom. The Bertz CT molecular complexity index is 700. The molecular formula is C18H18F3NO4. The molecule has 2 aromatic rings. The smallest absolute Gasteiger partial charge is 0.422 e. The molecule has 1 aromatic heterocycles. The Balaban J connectivity index is 1.60. The highest BCUT2D eigenvalue weighted by molar-refractivity contribution is 5.60. The van der Waals surface area contributed by atoms with Crippen molar-refractivity contribution in [2.24, 2.45) is 0 Å². The van der Waals surface area contributed by atoms with Gasteiger partial charge in [0.1, 0.15) is 18.5 Å². The van der Waals surface area contributed by atoms with E-state index in [4.69, 9.17) is 18.9 Å². The zero-order valence-corrected chi connectivity index (χ0v) is 13.9. The van der Waals surface area contributed by atoms with Gasteiger partial charge in [-0.2, -0.15) is 13.2 Å². The highest BCUT2D eigenvalue weighted by Crippen LogP contribution is 2.24. The topological polar surface area (TPSA) is 49.8 Å². The molecule has 140 valence electrons. The first-order valence-electron chi connectivity index (χ1n) is 8.09. The lowest BCUT2D eigenvalue weighted by Gasteiger charge is -2.22. The van der Waals surface area contributed by atoms with Gasteiger partial charge in [0, 0.05) is 11.6 Å². The summed E-state index contributed by atoms with van der Waals surface area (Å²) >= 11 is 0. The van der Waals surface area contributed by atoms with Gasteiger partial charge in [-0.3, -0.25) is 0 Å². The number of hydrogen-bond donors (Lipinski definition) is 0. The van der Waals surface area contributed by atoms with Crippen molar-refractivity contribution in [3.63, 3.8) is 0 Å². The Hall–Kier alpha value is -2.32. The van der Waals surface area contributed by atoms with E-state index in [1.165, 1.54) is 12.1 Å². The van der Waals surface area contributed by atoms with Crippen LogP contribution < -0.4 is 9.47 Å². The van der Waals surface area contributed by atoms with Crippen LogP contribution in [0.3, 0.4) is 0 Å². The Labute approximate surface area is 148 Å². The zero-order chi connectivity index (χ0) is 18.4. The second-order valence-electron chi connectivity index (χ2n) is 5.67. The quantitative estimate of drug-likeness (QED) is 0.780. The lowest BCUT2D eigenvalue weighted by atomic mass is 10.1. The predicted octanol–water partition coefficient (Wildman–Crippen LogP) is 3.48. The van der Waals surface area contributed by atoms with Crippen LogP contribution in [0, 0.1) is 0 Å². The van der Waals surface area contributed by atoms with E-state index in [-0.39, 0.29) is 11.9 Å². The molecule has 26 heavy (non-hydrogen) atoms. The summed E-state index contributed by atoms with van der Waals surface area (Å²) < 4.78 is 57.7. The number of benzene rings is 1. The standard InChI is InChI=1S/C18H18F3NO4/c19-18(20,21)12-26-14-6-4-13(5-7-14)16-2-1-3-17(22-16)25-11-15-10-23-8-9-24-15/h1-7,15H,8-12H2/t15-/m1/s1. The van der Waals surface area contributed by atoms with Gasteiger partial charge in [-0.05, 0) is 30.3 Å². The molecule has 0 amide bonds. The molecule has 0 N–H and O–H groups in total. The van der Waals surface area contributed by atoms with E-state index in [1.807, 2.05) is 0 Å². The number of nitrogens with zero attached hydrogens (tertiary/aromatic N) is 1. The normalized spacial score (nSPS) is 17.7. The molecule has 0 spiro atoms. The molecule has 1 aliphatic rings. The molecule has 1 atom stereocenters. The maximum Gasteiger partial charge on any atom is 0.422 e. The monoisotopic (exact) mass is 369 g/mol. The fraction of sp³-hybridized carbons (Fsp3) is 0.389. The van der Waals surface area contributed by atoms with Crippen LogP contribution in [-0.4, -0.2) is 50.3 Å². The van der Waals surface area contributed by atoms with E-state index in [0.717, 1.165) is 5.56 Å². The molecule has 0 bridgehead atoms. The van der Waals surface area contributed by atoms with Crippen molar-refractivity contribution >= 4 is 0 Å². The van der Waals surface area contributed by atoms with E-state index in [9.17, 15) is 13.2 Å². The molecule has 1 saturated heterocycles. The molecule has 0 unspecified atom stereocenters. The number of ether oxygens (including phenoxy) is 4. The van der Waals surface area contributed by atoms with Crippen LogP contribution in [0.1, 0.15) is 0 Å². The van der Waals surface area contributed by atoms with Gasteiger partial charge in [0.05, 0.1) is 25.5 Å². The maximum absolute atomic E-state index is 12.2. The van der Waals surface area contributed by atoms with Crippen LogP contribution in [0.2, 0.25) is 0 Å². The van der Waals surface area contributed by atoms with Gasteiger partial charge >= 0.3 is 6.18 Å². The third-order valence-corrected chi connectivity index (χ3v) is 3.58. The Morgan fingerprint density at radius 3 is 2.54 bits per heavy atom. The van der Waals surface area contributed by atoms with Crippen molar-refractivity contribution < 1.29 is 32.1 Å². The lowest BCUT2D eigenvalue weighted by molar-refractivity contribution is -0.153. The van der Waals surface area contributed by atoms with Crippen LogP contribution in [0.15, 0.2) is 42.5 Å². The molecule has 1 aliphatic heterocycles. The summed E-state index contributed by atoms with van der Waals surface area (Å²) in [6.07, 6.45) is -4.49. The van der Waals surface area contributed by atoms with E-state index in [0.29, 0.717) is 38.0 Å². The lowest BCUT2D eigenvalue weighted by Crippen LogP contribution is -2.33. The predicted molar refractivity (Wildman–Crippen MR) is 87.3 cm³/mol. The second kappa shape index (κ2) is 8.37. The molecule has 8 heteroatoms. The summed E-state index contributed by atoms with van der Waals surface area (Å²) in [5.41, 5.74) is 1.39. The highest BCUT2D eigenvalue weighted by atomic mass is 19.4. The molecule has 3 rings (SSSR count). The van der Waals surface area contributed by atoms with E-state index < -0.39 is 12.8 Å². The van der Waals surface area contributed by atoms with E-state index in [1.54, 1.807) is 30.3 Å². The first kappa shape index (κ1) is 18.5. The van der Waals surface area contributed by atoms with Gasteiger partial charge in [-0.1, -0.05) is 6.07 Å². The average Bonchev–Trinajstić information content (AvgIpc) is 2.66. The van der Waals surface area contributed by atoms with E-state index >= 15 is 0 Å². The minimum absolute atomic E-state index is 0.126. The first-order chi connectivity index (χ1) is 12.5. The van der Waals surface area contributed by atoms with Crippen LogP contribution >= 0.6 is 0 Å².